The van der Waals surface area contributed by atoms with Gasteiger partial charge in [-0.05, 0) is 76.0 Å². The van der Waals surface area contributed by atoms with Crippen molar-refractivity contribution in [1.29, 1.82) is 0 Å². The van der Waals surface area contributed by atoms with Crippen molar-refractivity contribution in [3.8, 4) is 5.75 Å². The molecule has 164 valence electrons. The summed E-state index contributed by atoms with van der Waals surface area (Å²) in [6, 6.07) is 6.86. The van der Waals surface area contributed by atoms with Crippen molar-refractivity contribution in [3.63, 3.8) is 0 Å². The Morgan fingerprint density at radius 2 is 1.91 bits per heavy atom. The number of hydrogen-bond acceptors (Lipinski definition) is 5. The number of nitrogens with zero attached hydrogens (tertiary/aromatic N) is 1. The molecule has 1 aliphatic heterocycles. The van der Waals surface area contributed by atoms with Crippen LogP contribution in [0, 0.1) is 5.82 Å². The van der Waals surface area contributed by atoms with Gasteiger partial charge in [0.05, 0.1) is 10.2 Å². The predicted molar refractivity (Wildman–Crippen MR) is 117 cm³/mol. The van der Waals surface area contributed by atoms with Crippen molar-refractivity contribution in [2.75, 3.05) is 11.5 Å². The number of allylic oxidation sites excluding steroid dienone is 1. The average molecular weight is 503 g/mol. The summed E-state index contributed by atoms with van der Waals surface area (Å²) in [7, 11) is 0. The largest absolute Gasteiger partial charge is 0.480 e. The number of hydrogen-bond donors (Lipinski definition) is 2. The van der Waals surface area contributed by atoms with Crippen LogP contribution in [0.1, 0.15) is 11.1 Å². The lowest BCUT2D eigenvalue weighted by atomic mass is 10.0. The van der Waals surface area contributed by atoms with E-state index >= 15 is 0 Å². The predicted octanol–water partition coefficient (Wildman–Crippen LogP) is 3.45. The number of carboxylic acid groups (broad SMARTS) is 1. The first kappa shape index (κ1) is 22.9. The lowest BCUT2D eigenvalue weighted by Crippen LogP contribution is -2.54. The number of aliphatic carboxylic acids is 1. The average Bonchev–Trinajstić information content (AvgIpc) is 2.72. The summed E-state index contributed by atoms with van der Waals surface area (Å²) in [5.74, 6) is -3.17. The minimum atomic E-state index is -1.15. The third-order valence-corrected chi connectivity index (χ3v) is 4.93. The number of ether oxygens (including phenoxy) is 1. The van der Waals surface area contributed by atoms with Crippen LogP contribution in [0.5, 0.6) is 5.75 Å². The Labute approximate surface area is 190 Å². The molecule has 0 spiro atoms. The van der Waals surface area contributed by atoms with Gasteiger partial charge in [-0.25, -0.2) is 18.9 Å². The highest BCUT2D eigenvalue weighted by Crippen LogP contribution is 2.33. The zero-order valence-corrected chi connectivity index (χ0v) is 18.0. The molecule has 1 saturated heterocycles. The first-order valence-corrected chi connectivity index (χ1v) is 9.95. The monoisotopic (exact) mass is 502 g/mol. The van der Waals surface area contributed by atoms with Gasteiger partial charge in [0.1, 0.15) is 17.1 Å². The van der Waals surface area contributed by atoms with Crippen LogP contribution in [-0.4, -0.2) is 35.5 Å². The van der Waals surface area contributed by atoms with Crippen LogP contribution in [0.25, 0.3) is 6.08 Å². The molecule has 3 rings (SSSR count). The van der Waals surface area contributed by atoms with Crippen LogP contribution in [0.3, 0.4) is 0 Å². The molecule has 0 bridgehead atoms. The minimum absolute atomic E-state index is 0.0956. The van der Waals surface area contributed by atoms with Gasteiger partial charge >= 0.3 is 12.0 Å². The van der Waals surface area contributed by atoms with E-state index in [4.69, 9.17) is 9.84 Å². The number of nitrogens with one attached hydrogen (secondary N) is 1. The highest BCUT2D eigenvalue weighted by atomic mass is 79.9. The van der Waals surface area contributed by atoms with Crippen molar-refractivity contribution in [2.24, 2.45) is 0 Å². The molecule has 0 saturated carbocycles. The fourth-order valence-electron chi connectivity index (χ4n) is 3.01. The van der Waals surface area contributed by atoms with Gasteiger partial charge in [0.25, 0.3) is 11.8 Å². The Bertz CT molecular complexity index is 1160. The Balaban J connectivity index is 2.01. The molecule has 1 heterocycles. The SMILES string of the molecule is C=CCc1cc(/C=C2\C(=O)NC(=O)N(c3ccc(F)cc3)C2=O)cc(Br)c1OCC(=O)O. The van der Waals surface area contributed by atoms with Crippen molar-refractivity contribution >= 4 is 51.5 Å². The van der Waals surface area contributed by atoms with E-state index in [-0.39, 0.29) is 17.0 Å². The lowest BCUT2D eigenvalue weighted by molar-refractivity contribution is -0.139. The van der Waals surface area contributed by atoms with Gasteiger partial charge in [-0.15, -0.1) is 6.58 Å². The van der Waals surface area contributed by atoms with Crippen molar-refractivity contribution in [1.82, 2.24) is 5.32 Å². The normalized spacial score (nSPS) is 15.0. The summed E-state index contributed by atoms with van der Waals surface area (Å²) in [5.41, 5.74) is 0.767. The zero-order valence-electron chi connectivity index (χ0n) is 16.4. The summed E-state index contributed by atoms with van der Waals surface area (Å²) in [6.45, 7) is 3.10. The van der Waals surface area contributed by atoms with Crippen molar-refractivity contribution in [2.45, 2.75) is 6.42 Å². The van der Waals surface area contributed by atoms with Gasteiger partial charge in [0.15, 0.2) is 6.61 Å². The van der Waals surface area contributed by atoms with Crippen LogP contribution in [0.2, 0.25) is 0 Å². The quantitative estimate of drug-likeness (QED) is 0.340. The van der Waals surface area contributed by atoms with E-state index in [9.17, 15) is 23.6 Å². The summed E-state index contributed by atoms with van der Waals surface area (Å²) >= 11 is 3.31. The highest BCUT2D eigenvalue weighted by molar-refractivity contribution is 9.10. The Hall–Kier alpha value is -3.79. The second-order valence-corrected chi connectivity index (χ2v) is 7.45. The number of carbonyl (C=O) groups excluding carboxylic acids is 3. The fraction of sp³-hybridized carbons (Fsp3) is 0.0909. The van der Waals surface area contributed by atoms with Crippen molar-refractivity contribution < 1.29 is 33.4 Å². The summed E-state index contributed by atoms with van der Waals surface area (Å²) in [5, 5.41) is 11.0. The topological polar surface area (TPSA) is 113 Å². The van der Waals surface area contributed by atoms with Crippen LogP contribution in [0.4, 0.5) is 14.9 Å². The smallest absolute Gasteiger partial charge is 0.341 e. The van der Waals surface area contributed by atoms with Crippen LogP contribution in [0.15, 0.2) is 59.1 Å². The number of halogens is 2. The third kappa shape index (κ3) is 4.92. The number of barbiturate groups is 1. The maximum absolute atomic E-state index is 13.2. The maximum atomic E-state index is 13.2. The first-order valence-electron chi connectivity index (χ1n) is 9.16. The minimum Gasteiger partial charge on any atom is -0.480 e. The number of anilines is 1. The van der Waals surface area contributed by atoms with Gasteiger partial charge in [-0.2, -0.15) is 0 Å². The van der Waals surface area contributed by atoms with Crippen molar-refractivity contribution in [3.05, 3.63) is 76.0 Å². The summed E-state index contributed by atoms with van der Waals surface area (Å²) in [4.78, 5) is 49.1. The summed E-state index contributed by atoms with van der Waals surface area (Å²) < 4.78 is 18.9. The molecular formula is C22H16BrFN2O6. The van der Waals surface area contributed by atoms with Crippen LogP contribution in [-0.2, 0) is 20.8 Å². The molecule has 10 heteroatoms. The molecule has 0 aliphatic carbocycles. The lowest BCUT2D eigenvalue weighted by Gasteiger charge is -2.26. The number of amides is 4. The molecule has 4 amide bonds. The van der Waals surface area contributed by atoms with E-state index in [0.29, 0.717) is 22.0 Å². The van der Waals surface area contributed by atoms with Crippen LogP contribution < -0.4 is 15.0 Å². The molecule has 2 aromatic carbocycles. The van der Waals surface area contributed by atoms with Gasteiger partial charge < -0.3 is 9.84 Å². The van der Waals surface area contributed by atoms with Gasteiger partial charge in [-0.3, -0.25) is 14.9 Å². The number of imide groups is 2. The Kier molecular flexibility index (Phi) is 6.84. The van der Waals surface area contributed by atoms with E-state index in [0.717, 1.165) is 17.0 Å². The molecule has 2 N–H and O–H groups in total. The van der Waals surface area contributed by atoms with E-state index in [1.165, 1.54) is 24.3 Å². The fourth-order valence-corrected chi connectivity index (χ4v) is 3.64. The molecule has 0 radical (unpaired) electrons. The molecule has 8 nitrogen and oxygen atoms in total. The number of urea groups is 1. The molecular weight excluding hydrogens is 487 g/mol. The van der Waals surface area contributed by atoms with E-state index in [2.05, 4.69) is 27.8 Å². The van der Waals surface area contributed by atoms with E-state index in [1.807, 2.05) is 0 Å². The molecule has 0 atom stereocenters. The first-order chi connectivity index (χ1) is 15.2. The van der Waals surface area contributed by atoms with E-state index in [1.54, 1.807) is 12.1 Å². The maximum Gasteiger partial charge on any atom is 0.341 e. The standard InChI is InChI=1S/C22H16BrFN2O6/c1-2-3-13-8-12(10-17(23)19(13)32-11-18(27)28)9-16-20(29)25-22(31)26(21(16)30)15-6-4-14(24)5-7-15/h2,4-10H,1,3,11H2,(H,27,28)(H,25,29,31)/b16-9+. The summed E-state index contributed by atoms with van der Waals surface area (Å²) in [6.07, 6.45) is 3.20. The Morgan fingerprint density at radius 1 is 1.22 bits per heavy atom. The molecule has 2 aromatic rings. The molecule has 0 aromatic heterocycles. The second kappa shape index (κ2) is 9.56. The number of rotatable bonds is 7. The molecule has 1 fully saturated rings. The van der Waals surface area contributed by atoms with Gasteiger partial charge in [0, 0.05) is 0 Å². The molecule has 0 unspecified atom stereocenters. The molecule has 32 heavy (non-hydrogen) atoms. The third-order valence-electron chi connectivity index (χ3n) is 4.34. The molecule has 1 aliphatic rings. The zero-order chi connectivity index (χ0) is 23.4. The van der Waals surface area contributed by atoms with E-state index < -0.39 is 36.2 Å². The number of carbonyl (C=O) groups is 4. The Morgan fingerprint density at radius 3 is 2.53 bits per heavy atom. The number of benzene rings is 2. The number of carboxylic acids is 1. The van der Waals surface area contributed by atoms with Crippen LogP contribution >= 0.6 is 15.9 Å². The second-order valence-electron chi connectivity index (χ2n) is 6.60. The highest BCUT2D eigenvalue weighted by Gasteiger charge is 2.36. The van der Waals surface area contributed by atoms with Gasteiger partial charge in [0.2, 0.25) is 0 Å². The van der Waals surface area contributed by atoms with Gasteiger partial charge in [-0.1, -0.05) is 6.08 Å².